The van der Waals surface area contributed by atoms with Gasteiger partial charge >= 0.3 is 0 Å². The van der Waals surface area contributed by atoms with Gasteiger partial charge in [0.1, 0.15) is 5.52 Å². The molecule has 152 valence electrons. The van der Waals surface area contributed by atoms with Crippen molar-refractivity contribution in [1.29, 1.82) is 0 Å². The number of hydrogen-bond donors (Lipinski definition) is 1. The van der Waals surface area contributed by atoms with Crippen molar-refractivity contribution in [1.82, 2.24) is 10.3 Å². The molecule has 1 aliphatic heterocycles. The molecule has 1 aliphatic rings. The first-order valence-electron chi connectivity index (χ1n) is 10.0. The van der Waals surface area contributed by atoms with Crippen LogP contribution in [0.2, 0.25) is 0 Å². The normalized spacial score (nSPS) is 14.9. The lowest BCUT2D eigenvalue weighted by molar-refractivity contribution is 0.0946. The maximum Gasteiger partial charge on any atom is 0.253 e. The fourth-order valence-corrected chi connectivity index (χ4v) is 3.51. The highest BCUT2D eigenvalue weighted by Crippen LogP contribution is 2.26. The number of benzene rings is 2. The second-order valence-electron chi connectivity index (χ2n) is 8.34. The van der Waals surface area contributed by atoms with E-state index < -0.39 is 0 Å². The molecule has 1 fully saturated rings. The topological polar surface area (TPSA) is 67.6 Å². The Kier molecular flexibility index (Phi) is 5.28. The first kappa shape index (κ1) is 19.5. The largest absolute Gasteiger partial charge is 0.439 e. The van der Waals surface area contributed by atoms with Crippen LogP contribution in [-0.2, 0) is 16.7 Å². The van der Waals surface area contributed by atoms with Crippen LogP contribution in [0.15, 0.2) is 46.9 Å². The van der Waals surface area contributed by atoms with Crippen LogP contribution in [0.1, 0.15) is 42.6 Å². The molecule has 0 saturated carbocycles. The highest BCUT2D eigenvalue weighted by atomic mass is 16.5. The van der Waals surface area contributed by atoms with E-state index in [9.17, 15) is 4.79 Å². The third kappa shape index (κ3) is 4.27. The number of para-hydroxylation sites is 1. The van der Waals surface area contributed by atoms with Crippen LogP contribution in [-0.4, -0.2) is 37.2 Å². The summed E-state index contributed by atoms with van der Waals surface area (Å²) in [4.78, 5) is 19.6. The fraction of sp³-hybridized carbons (Fsp3) is 0.391. The van der Waals surface area contributed by atoms with Gasteiger partial charge in [0.05, 0.1) is 25.3 Å². The molecule has 3 aromatic rings. The van der Waals surface area contributed by atoms with Crippen LogP contribution in [0.3, 0.4) is 0 Å². The Bertz CT molecular complexity index is 1010. The maximum absolute atomic E-state index is 12.8. The highest BCUT2D eigenvalue weighted by Gasteiger charge is 2.19. The number of anilines is 1. The smallest absolute Gasteiger partial charge is 0.253 e. The van der Waals surface area contributed by atoms with Gasteiger partial charge in [0.15, 0.2) is 5.58 Å². The van der Waals surface area contributed by atoms with Crippen LogP contribution in [0.4, 0.5) is 5.69 Å². The predicted octanol–water partition coefficient (Wildman–Crippen LogP) is 3.89. The van der Waals surface area contributed by atoms with Crippen molar-refractivity contribution in [2.75, 3.05) is 31.2 Å². The summed E-state index contributed by atoms with van der Waals surface area (Å²) in [5.41, 5.74) is 4.38. The van der Waals surface area contributed by atoms with Gasteiger partial charge in [-0.15, -0.1) is 0 Å². The Morgan fingerprint density at radius 1 is 1.14 bits per heavy atom. The predicted molar refractivity (Wildman–Crippen MR) is 113 cm³/mol. The lowest BCUT2D eigenvalue weighted by atomic mass is 9.87. The standard InChI is InChI=1S/C23H27N3O3/c1-23(2,3)16-8-9-20-18(14-16)25-21(29-20)15-24-22(27)17-6-4-5-7-19(17)26-10-12-28-13-11-26/h4-9,14H,10-13,15H2,1-3H3,(H,24,27). The SMILES string of the molecule is CC(C)(C)c1ccc2oc(CNC(=O)c3ccccc3N3CCOCC3)nc2c1. The molecule has 0 unspecified atom stereocenters. The molecule has 0 atom stereocenters. The van der Waals surface area contributed by atoms with E-state index >= 15 is 0 Å². The van der Waals surface area contributed by atoms with Gasteiger partial charge in [-0.1, -0.05) is 39.0 Å². The Labute approximate surface area is 170 Å². The lowest BCUT2D eigenvalue weighted by Gasteiger charge is -2.30. The molecule has 1 saturated heterocycles. The third-order valence-corrected chi connectivity index (χ3v) is 5.20. The van der Waals surface area contributed by atoms with Crippen molar-refractivity contribution in [3.05, 3.63) is 59.5 Å². The summed E-state index contributed by atoms with van der Waals surface area (Å²) in [6, 6.07) is 13.7. The number of oxazole rings is 1. The van der Waals surface area contributed by atoms with E-state index in [0.717, 1.165) is 29.9 Å². The highest BCUT2D eigenvalue weighted by molar-refractivity contribution is 5.99. The van der Waals surface area contributed by atoms with Gasteiger partial charge in [-0.2, -0.15) is 0 Å². The summed E-state index contributed by atoms with van der Waals surface area (Å²) in [6.45, 7) is 9.67. The minimum absolute atomic E-state index is 0.0464. The summed E-state index contributed by atoms with van der Waals surface area (Å²) >= 11 is 0. The molecule has 29 heavy (non-hydrogen) atoms. The van der Waals surface area contributed by atoms with E-state index in [-0.39, 0.29) is 17.9 Å². The van der Waals surface area contributed by atoms with Crippen molar-refractivity contribution in [2.45, 2.75) is 32.7 Å². The number of carbonyl (C=O) groups excluding carboxylic acids is 1. The summed E-state index contributed by atoms with van der Waals surface area (Å²) in [5, 5.41) is 2.95. The van der Waals surface area contributed by atoms with Crippen LogP contribution in [0, 0.1) is 0 Å². The number of aromatic nitrogens is 1. The number of morpholine rings is 1. The molecule has 6 heteroatoms. The number of ether oxygens (including phenoxy) is 1. The van der Waals surface area contributed by atoms with Crippen molar-refractivity contribution in [3.63, 3.8) is 0 Å². The maximum atomic E-state index is 12.8. The van der Waals surface area contributed by atoms with Crippen molar-refractivity contribution < 1.29 is 13.9 Å². The van der Waals surface area contributed by atoms with Gasteiger partial charge in [0.25, 0.3) is 5.91 Å². The Morgan fingerprint density at radius 2 is 1.90 bits per heavy atom. The average molecular weight is 393 g/mol. The first-order valence-corrected chi connectivity index (χ1v) is 10.0. The molecular formula is C23H27N3O3. The van der Waals surface area contributed by atoms with Gasteiger partial charge in [0.2, 0.25) is 5.89 Å². The molecule has 0 spiro atoms. The number of fused-ring (bicyclic) bond motifs is 1. The van der Waals surface area contributed by atoms with Crippen molar-refractivity contribution in [3.8, 4) is 0 Å². The van der Waals surface area contributed by atoms with E-state index in [1.807, 2.05) is 30.3 Å². The quantitative estimate of drug-likeness (QED) is 0.728. The molecule has 2 heterocycles. The van der Waals surface area contributed by atoms with E-state index in [4.69, 9.17) is 9.15 Å². The summed E-state index contributed by atoms with van der Waals surface area (Å²) < 4.78 is 11.2. The van der Waals surface area contributed by atoms with Crippen molar-refractivity contribution >= 4 is 22.7 Å². The zero-order valence-electron chi connectivity index (χ0n) is 17.2. The molecule has 0 radical (unpaired) electrons. The Balaban J connectivity index is 1.49. The van der Waals surface area contributed by atoms with Crippen molar-refractivity contribution in [2.24, 2.45) is 0 Å². The van der Waals surface area contributed by atoms with Gasteiger partial charge in [0, 0.05) is 18.8 Å². The second kappa shape index (κ2) is 7.87. The first-order chi connectivity index (χ1) is 13.9. The van der Waals surface area contributed by atoms with E-state index in [1.165, 1.54) is 5.56 Å². The summed E-state index contributed by atoms with van der Waals surface area (Å²) in [7, 11) is 0. The second-order valence-corrected chi connectivity index (χ2v) is 8.34. The molecule has 1 aromatic heterocycles. The Morgan fingerprint density at radius 3 is 2.66 bits per heavy atom. The number of nitrogens with one attached hydrogen (secondary N) is 1. The molecule has 2 aromatic carbocycles. The molecule has 1 amide bonds. The summed E-state index contributed by atoms with van der Waals surface area (Å²) in [5.74, 6) is 0.369. The molecule has 0 bridgehead atoms. The van der Waals surface area contributed by atoms with Crippen LogP contribution < -0.4 is 10.2 Å². The van der Waals surface area contributed by atoms with Gasteiger partial charge in [-0.25, -0.2) is 4.98 Å². The molecule has 1 N–H and O–H groups in total. The molecule has 6 nitrogen and oxygen atoms in total. The number of rotatable bonds is 4. The minimum Gasteiger partial charge on any atom is -0.439 e. The number of amides is 1. The van der Waals surface area contributed by atoms with Crippen LogP contribution in [0.25, 0.3) is 11.1 Å². The third-order valence-electron chi connectivity index (χ3n) is 5.20. The van der Waals surface area contributed by atoms with E-state index in [0.29, 0.717) is 24.7 Å². The zero-order chi connectivity index (χ0) is 20.4. The number of hydrogen-bond acceptors (Lipinski definition) is 5. The minimum atomic E-state index is -0.135. The van der Waals surface area contributed by atoms with Crippen LogP contribution >= 0.6 is 0 Å². The zero-order valence-corrected chi connectivity index (χ0v) is 17.2. The Hall–Kier alpha value is -2.86. The average Bonchev–Trinajstić information content (AvgIpc) is 3.14. The fourth-order valence-electron chi connectivity index (χ4n) is 3.51. The van der Waals surface area contributed by atoms with Gasteiger partial charge in [-0.3, -0.25) is 4.79 Å². The molecular weight excluding hydrogens is 366 g/mol. The van der Waals surface area contributed by atoms with Gasteiger partial charge in [-0.05, 0) is 35.2 Å². The lowest BCUT2D eigenvalue weighted by Crippen LogP contribution is -2.37. The van der Waals surface area contributed by atoms with Gasteiger partial charge < -0.3 is 19.4 Å². The monoisotopic (exact) mass is 393 g/mol. The number of carbonyl (C=O) groups is 1. The van der Waals surface area contributed by atoms with E-state index in [1.54, 1.807) is 0 Å². The molecule has 4 rings (SSSR count). The summed E-state index contributed by atoms with van der Waals surface area (Å²) in [6.07, 6.45) is 0. The van der Waals surface area contributed by atoms with Crippen LogP contribution in [0.5, 0.6) is 0 Å². The molecule has 0 aliphatic carbocycles. The van der Waals surface area contributed by atoms with E-state index in [2.05, 4.69) is 48.1 Å². The number of nitrogens with zero attached hydrogens (tertiary/aromatic N) is 2.